The van der Waals surface area contributed by atoms with E-state index in [4.69, 9.17) is 13.9 Å². The minimum Gasteiger partial charge on any atom is -0.490 e. The lowest BCUT2D eigenvalue weighted by atomic mass is 10.1. The van der Waals surface area contributed by atoms with E-state index in [-0.39, 0.29) is 5.76 Å². The van der Waals surface area contributed by atoms with Crippen LogP contribution >= 0.6 is 15.9 Å². The summed E-state index contributed by atoms with van der Waals surface area (Å²) in [5.41, 5.74) is 4.97. The Morgan fingerprint density at radius 3 is 2.53 bits per heavy atom. The van der Waals surface area contributed by atoms with E-state index in [1.807, 2.05) is 61.5 Å². The first-order chi connectivity index (χ1) is 17.6. The van der Waals surface area contributed by atoms with E-state index >= 15 is 0 Å². The number of benzene rings is 4. The molecule has 0 aliphatic rings. The third-order valence-corrected chi connectivity index (χ3v) is 6.33. The lowest BCUT2D eigenvalue weighted by Gasteiger charge is -2.15. The average molecular weight is 543 g/mol. The van der Waals surface area contributed by atoms with Gasteiger partial charge in [-0.25, -0.2) is 5.43 Å². The van der Waals surface area contributed by atoms with E-state index in [9.17, 15) is 4.79 Å². The first-order valence-electron chi connectivity index (χ1n) is 11.5. The van der Waals surface area contributed by atoms with Gasteiger partial charge < -0.3 is 13.9 Å². The molecule has 1 amide bonds. The first-order valence-corrected chi connectivity index (χ1v) is 12.3. The second kappa shape index (κ2) is 10.7. The van der Waals surface area contributed by atoms with Crippen LogP contribution in [0.5, 0.6) is 11.5 Å². The summed E-state index contributed by atoms with van der Waals surface area (Å²) in [5, 5.41) is 7.27. The molecule has 1 aromatic heterocycles. The minimum atomic E-state index is -0.432. The number of fused-ring (bicyclic) bond motifs is 2. The largest absolute Gasteiger partial charge is 0.490 e. The summed E-state index contributed by atoms with van der Waals surface area (Å²) in [5.74, 6) is 0.962. The van der Waals surface area contributed by atoms with Crippen molar-refractivity contribution in [2.24, 2.45) is 5.10 Å². The van der Waals surface area contributed by atoms with E-state index < -0.39 is 5.91 Å². The maximum Gasteiger partial charge on any atom is 0.307 e. The zero-order valence-electron chi connectivity index (χ0n) is 19.5. The topological polar surface area (TPSA) is 73.1 Å². The van der Waals surface area contributed by atoms with Gasteiger partial charge in [-0.1, -0.05) is 60.7 Å². The molecule has 36 heavy (non-hydrogen) atoms. The van der Waals surface area contributed by atoms with Crippen LogP contribution in [0.1, 0.15) is 28.6 Å². The predicted molar refractivity (Wildman–Crippen MR) is 145 cm³/mol. The molecule has 0 radical (unpaired) electrons. The number of amides is 1. The van der Waals surface area contributed by atoms with Crippen molar-refractivity contribution in [1.82, 2.24) is 5.43 Å². The fourth-order valence-corrected chi connectivity index (χ4v) is 4.34. The minimum absolute atomic E-state index is 0.194. The number of para-hydroxylation sites is 1. The molecule has 0 spiro atoms. The summed E-state index contributed by atoms with van der Waals surface area (Å²) < 4.78 is 18.3. The standard InChI is InChI=1S/C29H23BrN2O4/c1-2-34-26-15-22(17-31-32-29(33)28-14-20-9-4-6-13-25(20)36-28)24(30)16-27(26)35-18-21-11-7-10-19-8-3-5-12-23(19)21/h3-17H,2,18H2,1H3,(H,32,33)/b31-17+. The van der Waals surface area contributed by atoms with Gasteiger partial charge in [-0.15, -0.1) is 0 Å². The van der Waals surface area contributed by atoms with E-state index in [0.29, 0.717) is 30.3 Å². The molecule has 7 heteroatoms. The molecule has 5 aromatic rings. The quantitative estimate of drug-likeness (QED) is 0.168. The molecule has 0 aliphatic heterocycles. The van der Waals surface area contributed by atoms with Crippen LogP contribution in [0.2, 0.25) is 0 Å². The van der Waals surface area contributed by atoms with Gasteiger partial charge in [0.15, 0.2) is 17.3 Å². The van der Waals surface area contributed by atoms with Gasteiger partial charge in [0.2, 0.25) is 0 Å². The van der Waals surface area contributed by atoms with Crippen molar-refractivity contribution in [2.75, 3.05) is 6.61 Å². The summed E-state index contributed by atoms with van der Waals surface area (Å²) in [4.78, 5) is 12.5. The number of carbonyl (C=O) groups excluding carboxylic acids is 1. The van der Waals surface area contributed by atoms with Crippen LogP contribution in [-0.2, 0) is 6.61 Å². The summed E-state index contributed by atoms with van der Waals surface area (Å²) in [6.45, 7) is 2.79. The highest BCUT2D eigenvalue weighted by Gasteiger charge is 2.13. The van der Waals surface area contributed by atoms with Crippen LogP contribution < -0.4 is 14.9 Å². The normalized spacial score (nSPS) is 11.3. The van der Waals surface area contributed by atoms with Crippen molar-refractivity contribution in [2.45, 2.75) is 13.5 Å². The van der Waals surface area contributed by atoms with Crippen LogP contribution in [0.15, 0.2) is 98.9 Å². The highest BCUT2D eigenvalue weighted by Crippen LogP contribution is 2.34. The van der Waals surface area contributed by atoms with Crippen molar-refractivity contribution in [1.29, 1.82) is 0 Å². The number of furan rings is 1. The molecule has 0 atom stereocenters. The van der Waals surface area contributed by atoms with Crippen LogP contribution in [0, 0.1) is 0 Å². The zero-order chi connectivity index (χ0) is 24.9. The van der Waals surface area contributed by atoms with Gasteiger partial charge in [-0.05, 0) is 63.5 Å². The molecule has 4 aromatic carbocycles. The highest BCUT2D eigenvalue weighted by atomic mass is 79.9. The molecule has 180 valence electrons. The first kappa shape index (κ1) is 23.6. The van der Waals surface area contributed by atoms with Crippen molar-refractivity contribution in [3.8, 4) is 11.5 Å². The predicted octanol–water partition coefficient (Wildman–Crippen LogP) is 7.09. The van der Waals surface area contributed by atoms with Crippen LogP contribution in [0.3, 0.4) is 0 Å². The Balaban J connectivity index is 1.31. The number of nitrogens with one attached hydrogen (secondary N) is 1. The number of rotatable bonds is 8. The van der Waals surface area contributed by atoms with Crippen molar-refractivity contribution in [3.05, 3.63) is 106 Å². The molecule has 1 heterocycles. The Morgan fingerprint density at radius 1 is 0.944 bits per heavy atom. The van der Waals surface area contributed by atoms with Crippen molar-refractivity contribution < 1.29 is 18.7 Å². The SMILES string of the molecule is CCOc1cc(/C=N/NC(=O)c2cc3ccccc3o2)c(Br)cc1OCc1cccc2ccccc12. The lowest BCUT2D eigenvalue weighted by Crippen LogP contribution is -2.16. The number of hydrogen-bond acceptors (Lipinski definition) is 5. The maximum absolute atomic E-state index is 12.5. The molecule has 1 N–H and O–H groups in total. The molecule has 0 bridgehead atoms. The Bertz CT molecular complexity index is 1540. The molecule has 5 rings (SSSR count). The number of nitrogens with zero attached hydrogens (tertiary/aromatic N) is 1. The third-order valence-electron chi connectivity index (χ3n) is 5.65. The smallest absolute Gasteiger partial charge is 0.307 e. The lowest BCUT2D eigenvalue weighted by molar-refractivity contribution is 0.0929. The number of ether oxygens (including phenoxy) is 2. The summed E-state index contributed by atoms with van der Waals surface area (Å²) >= 11 is 3.58. The van der Waals surface area contributed by atoms with Crippen LogP contribution in [0.25, 0.3) is 21.7 Å². The average Bonchev–Trinajstić information content (AvgIpc) is 3.34. The third kappa shape index (κ3) is 5.11. The van der Waals surface area contributed by atoms with E-state index in [1.165, 1.54) is 5.39 Å². The van der Waals surface area contributed by atoms with Crippen LogP contribution in [-0.4, -0.2) is 18.7 Å². The fraction of sp³-hybridized carbons (Fsp3) is 0.103. The van der Waals surface area contributed by atoms with Crippen molar-refractivity contribution >= 4 is 49.8 Å². The molecular formula is C29H23BrN2O4. The molecule has 0 unspecified atom stereocenters. The van der Waals surface area contributed by atoms with Crippen molar-refractivity contribution in [3.63, 3.8) is 0 Å². The maximum atomic E-state index is 12.5. The van der Waals surface area contributed by atoms with E-state index in [0.717, 1.165) is 26.4 Å². The Morgan fingerprint density at radius 2 is 1.69 bits per heavy atom. The number of hydrogen-bond donors (Lipinski definition) is 1. The zero-order valence-corrected chi connectivity index (χ0v) is 21.1. The van der Waals surface area contributed by atoms with Gasteiger partial charge in [0, 0.05) is 15.4 Å². The molecule has 0 saturated heterocycles. The summed E-state index contributed by atoms with van der Waals surface area (Å²) in [7, 11) is 0. The second-order valence-electron chi connectivity index (χ2n) is 8.03. The van der Waals surface area contributed by atoms with E-state index in [2.05, 4.69) is 50.7 Å². The van der Waals surface area contributed by atoms with Crippen LogP contribution in [0.4, 0.5) is 0 Å². The summed E-state index contributed by atoms with van der Waals surface area (Å²) in [6, 6.07) is 27.2. The highest BCUT2D eigenvalue weighted by molar-refractivity contribution is 9.10. The monoisotopic (exact) mass is 542 g/mol. The molecule has 0 fully saturated rings. The molecule has 0 aliphatic carbocycles. The fourth-order valence-electron chi connectivity index (χ4n) is 3.91. The molecule has 6 nitrogen and oxygen atoms in total. The number of carbonyl (C=O) groups is 1. The number of hydrazone groups is 1. The Hall–Kier alpha value is -4.10. The Labute approximate surface area is 216 Å². The van der Waals surface area contributed by atoms with Gasteiger partial charge in [-0.2, -0.15) is 5.10 Å². The molecule has 0 saturated carbocycles. The van der Waals surface area contributed by atoms with Gasteiger partial charge in [0.25, 0.3) is 0 Å². The van der Waals surface area contributed by atoms with Gasteiger partial charge in [0.1, 0.15) is 12.2 Å². The Kier molecular flexibility index (Phi) is 7.00. The summed E-state index contributed by atoms with van der Waals surface area (Å²) in [6.07, 6.45) is 1.54. The van der Waals surface area contributed by atoms with Gasteiger partial charge in [0.05, 0.1) is 12.8 Å². The van der Waals surface area contributed by atoms with Gasteiger partial charge in [-0.3, -0.25) is 4.79 Å². The second-order valence-corrected chi connectivity index (χ2v) is 8.88. The number of halogens is 1. The van der Waals surface area contributed by atoms with E-state index in [1.54, 1.807) is 12.3 Å². The molecular weight excluding hydrogens is 520 g/mol. The van der Waals surface area contributed by atoms with Gasteiger partial charge >= 0.3 is 5.91 Å².